The molecule has 1 saturated heterocycles. The summed E-state index contributed by atoms with van der Waals surface area (Å²) in [5.41, 5.74) is 1.44. The lowest BCUT2D eigenvalue weighted by Crippen LogP contribution is -2.46. The fraction of sp³-hybridized carbons (Fsp3) is 0.667. The summed E-state index contributed by atoms with van der Waals surface area (Å²) < 4.78 is 0. The minimum atomic E-state index is 0.771. The molecule has 0 spiro atoms. The van der Waals surface area contributed by atoms with E-state index in [4.69, 9.17) is 0 Å². The summed E-state index contributed by atoms with van der Waals surface area (Å²) in [6, 6.07) is 12.6. The molecule has 0 atom stereocenters. The second-order valence-corrected chi connectivity index (χ2v) is 6.61. The predicted molar refractivity (Wildman–Crippen MR) is 84.8 cm³/mol. The van der Waals surface area contributed by atoms with Gasteiger partial charge in [0.2, 0.25) is 0 Å². The van der Waals surface area contributed by atoms with E-state index < -0.39 is 0 Å². The van der Waals surface area contributed by atoms with E-state index in [1.807, 2.05) is 0 Å². The van der Waals surface area contributed by atoms with Crippen molar-refractivity contribution in [1.82, 2.24) is 9.80 Å². The van der Waals surface area contributed by atoms with Crippen LogP contribution in [0, 0.1) is 0 Å². The zero-order chi connectivity index (χ0) is 13.8. The summed E-state index contributed by atoms with van der Waals surface area (Å²) in [6.45, 7) is 3.72. The molecule has 3 rings (SSSR count). The predicted octanol–water partition coefficient (Wildman–Crippen LogP) is 3.53. The number of hydrogen-bond donors (Lipinski definition) is 0. The number of piperidine rings is 1. The smallest absolute Gasteiger partial charge is 0.0233 e. The van der Waals surface area contributed by atoms with Crippen LogP contribution in [0.4, 0.5) is 0 Å². The molecule has 2 aliphatic rings. The molecule has 1 aromatic carbocycles. The van der Waals surface area contributed by atoms with Crippen LogP contribution >= 0.6 is 0 Å². The monoisotopic (exact) mass is 272 g/mol. The first-order valence-corrected chi connectivity index (χ1v) is 8.31. The molecule has 0 N–H and O–H groups in total. The van der Waals surface area contributed by atoms with Crippen molar-refractivity contribution in [2.75, 3.05) is 20.1 Å². The van der Waals surface area contributed by atoms with Gasteiger partial charge in [0.1, 0.15) is 0 Å². The fourth-order valence-electron chi connectivity index (χ4n) is 3.96. The van der Waals surface area contributed by atoms with E-state index >= 15 is 0 Å². The van der Waals surface area contributed by atoms with Gasteiger partial charge in [-0.1, -0.05) is 43.2 Å². The first kappa shape index (κ1) is 14.1. The summed E-state index contributed by atoms with van der Waals surface area (Å²) in [5.74, 6) is 0. The molecular formula is C18H28N2. The normalized spacial score (nSPS) is 22.7. The van der Waals surface area contributed by atoms with E-state index in [1.54, 1.807) is 0 Å². The van der Waals surface area contributed by atoms with Gasteiger partial charge in [0, 0.05) is 18.6 Å². The van der Waals surface area contributed by atoms with E-state index in [-0.39, 0.29) is 0 Å². The second-order valence-electron chi connectivity index (χ2n) is 6.61. The lowest BCUT2D eigenvalue weighted by atomic mass is 10.0. The molecule has 2 fully saturated rings. The molecule has 0 aromatic heterocycles. The number of rotatable bonds is 4. The van der Waals surface area contributed by atoms with E-state index in [2.05, 4.69) is 47.2 Å². The van der Waals surface area contributed by atoms with Crippen LogP contribution in [0.3, 0.4) is 0 Å². The summed E-state index contributed by atoms with van der Waals surface area (Å²) in [5, 5.41) is 0. The molecule has 2 nitrogen and oxygen atoms in total. The topological polar surface area (TPSA) is 6.48 Å². The van der Waals surface area contributed by atoms with Crippen LogP contribution in [0.2, 0.25) is 0 Å². The molecule has 1 saturated carbocycles. The van der Waals surface area contributed by atoms with Crippen molar-refractivity contribution in [2.24, 2.45) is 0 Å². The maximum atomic E-state index is 2.76. The van der Waals surface area contributed by atoms with Crippen LogP contribution in [0.1, 0.15) is 44.1 Å². The van der Waals surface area contributed by atoms with E-state index in [0.29, 0.717) is 0 Å². The van der Waals surface area contributed by atoms with Gasteiger partial charge in [0.15, 0.2) is 0 Å². The van der Waals surface area contributed by atoms with E-state index in [9.17, 15) is 0 Å². The third-order valence-corrected chi connectivity index (χ3v) is 5.24. The molecule has 0 bridgehead atoms. The first-order valence-electron chi connectivity index (χ1n) is 8.31. The van der Waals surface area contributed by atoms with Crippen LogP contribution < -0.4 is 0 Å². The van der Waals surface area contributed by atoms with Crippen LogP contribution in [0.5, 0.6) is 0 Å². The highest BCUT2D eigenvalue weighted by atomic mass is 15.2. The van der Waals surface area contributed by atoms with Crippen molar-refractivity contribution in [3.63, 3.8) is 0 Å². The Balaban J connectivity index is 1.47. The Labute approximate surface area is 123 Å². The zero-order valence-electron chi connectivity index (χ0n) is 12.8. The summed E-state index contributed by atoms with van der Waals surface area (Å²) in [6.07, 6.45) is 8.51. The summed E-state index contributed by atoms with van der Waals surface area (Å²) >= 11 is 0. The largest absolute Gasteiger partial charge is 0.300 e. The Bertz CT molecular complexity index is 389. The van der Waals surface area contributed by atoms with Crippen molar-refractivity contribution in [3.05, 3.63) is 35.9 Å². The lowest BCUT2D eigenvalue weighted by Gasteiger charge is -2.39. The highest BCUT2D eigenvalue weighted by molar-refractivity contribution is 5.14. The second kappa shape index (κ2) is 6.73. The SMILES string of the molecule is CN(Cc1ccccc1)C1CCN(C2CCCC2)CC1. The Morgan fingerprint density at radius 2 is 1.65 bits per heavy atom. The summed E-state index contributed by atoms with van der Waals surface area (Å²) in [7, 11) is 2.29. The third kappa shape index (κ3) is 3.42. The molecule has 1 aliphatic heterocycles. The van der Waals surface area contributed by atoms with Gasteiger partial charge in [-0.05, 0) is 51.4 Å². The van der Waals surface area contributed by atoms with Gasteiger partial charge in [-0.2, -0.15) is 0 Å². The molecule has 0 radical (unpaired) electrons. The number of likely N-dealkylation sites (tertiary alicyclic amines) is 1. The van der Waals surface area contributed by atoms with Crippen LogP contribution in [-0.2, 0) is 6.54 Å². The zero-order valence-corrected chi connectivity index (χ0v) is 12.8. The minimum Gasteiger partial charge on any atom is -0.300 e. The van der Waals surface area contributed by atoms with Gasteiger partial charge in [-0.15, -0.1) is 0 Å². The first-order chi connectivity index (χ1) is 9.83. The Kier molecular flexibility index (Phi) is 4.74. The Hall–Kier alpha value is -0.860. The highest BCUT2D eigenvalue weighted by Gasteiger charge is 2.28. The maximum absolute atomic E-state index is 2.76. The molecule has 0 amide bonds. The standard InChI is InChI=1S/C18H28N2/c1-19(15-16-7-3-2-4-8-16)17-11-13-20(14-12-17)18-9-5-6-10-18/h2-4,7-8,17-18H,5-6,9-15H2,1H3. The molecule has 0 unspecified atom stereocenters. The van der Waals surface area contributed by atoms with Gasteiger partial charge in [-0.3, -0.25) is 4.90 Å². The summed E-state index contributed by atoms with van der Waals surface area (Å²) in [4.78, 5) is 5.32. The minimum absolute atomic E-state index is 0.771. The number of benzene rings is 1. The third-order valence-electron chi connectivity index (χ3n) is 5.24. The van der Waals surface area contributed by atoms with Crippen molar-refractivity contribution >= 4 is 0 Å². The molecule has 2 heteroatoms. The van der Waals surface area contributed by atoms with Gasteiger partial charge in [0.25, 0.3) is 0 Å². The molecule has 1 aliphatic carbocycles. The molecule has 110 valence electrons. The van der Waals surface area contributed by atoms with Gasteiger partial charge >= 0.3 is 0 Å². The molecule has 1 aromatic rings. The van der Waals surface area contributed by atoms with Gasteiger partial charge in [-0.25, -0.2) is 0 Å². The Morgan fingerprint density at radius 3 is 2.30 bits per heavy atom. The average molecular weight is 272 g/mol. The molecular weight excluding hydrogens is 244 g/mol. The fourth-order valence-corrected chi connectivity index (χ4v) is 3.96. The maximum Gasteiger partial charge on any atom is 0.0233 e. The molecule has 20 heavy (non-hydrogen) atoms. The average Bonchev–Trinajstić information content (AvgIpc) is 3.03. The molecule has 1 heterocycles. The van der Waals surface area contributed by atoms with Crippen molar-refractivity contribution in [1.29, 1.82) is 0 Å². The van der Waals surface area contributed by atoms with Crippen molar-refractivity contribution in [3.8, 4) is 0 Å². The van der Waals surface area contributed by atoms with Crippen LogP contribution in [0.25, 0.3) is 0 Å². The van der Waals surface area contributed by atoms with Crippen LogP contribution in [-0.4, -0.2) is 42.0 Å². The number of nitrogens with zero attached hydrogens (tertiary/aromatic N) is 2. The van der Waals surface area contributed by atoms with Crippen molar-refractivity contribution in [2.45, 2.75) is 57.2 Å². The van der Waals surface area contributed by atoms with E-state index in [0.717, 1.165) is 18.6 Å². The van der Waals surface area contributed by atoms with Gasteiger partial charge < -0.3 is 4.90 Å². The number of hydrogen-bond acceptors (Lipinski definition) is 2. The van der Waals surface area contributed by atoms with Crippen LogP contribution in [0.15, 0.2) is 30.3 Å². The highest BCUT2D eigenvalue weighted by Crippen LogP contribution is 2.27. The lowest BCUT2D eigenvalue weighted by molar-refractivity contribution is 0.0952. The Morgan fingerprint density at radius 1 is 1.00 bits per heavy atom. The van der Waals surface area contributed by atoms with E-state index in [1.165, 1.54) is 57.2 Å². The van der Waals surface area contributed by atoms with Gasteiger partial charge in [0.05, 0.1) is 0 Å². The quantitative estimate of drug-likeness (QED) is 0.827. The van der Waals surface area contributed by atoms with Crippen molar-refractivity contribution < 1.29 is 0 Å².